The molecule has 6 nitrogen and oxygen atoms in total. The Labute approximate surface area is 110 Å². The van der Waals surface area contributed by atoms with E-state index in [1.807, 2.05) is 6.26 Å². The van der Waals surface area contributed by atoms with Gasteiger partial charge in [-0.05, 0) is 18.0 Å². The van der Waals surface area contributed by atoms with Gasteiger partial charge >= 0.3 is 5.69 Å². The topological polar surface area (TPSA) is 76.5 Å². The maximum absolute atomic E-state index is 11.2. The number of hydrogen-bond donors (Lipinski definition) is 1. The predicted molar refractivity (Wildman–Crippen MR) is 66.8 cm³/mol. The Morgan fingerprint density at radius 1 is 1.47 bits per heavy atom. The summed E-state index contributed by atoms with van der Waals surface area (Å²) in [4.78, 5) is 19.5. The highest BCUT2D eigenvalue weighted by Crippen LogP contribution is 2.26. The molecule has 0 aliphatic carbocycles. The van der Waals surface area contributed by atoms with Crippen molar-refractivity contribution >= 4 is 35.1 Å². The van der Waals surface area contributed by atoms with Crippen molar-refractivity contribution in [1.82, 2.24) is 24.7 Å². The van der Waals surface area contributed by atoms with E-state index in [0.29, 0.717) is 20.5 Å². The van der Waals surface area contributed by atoms with Crippen LogP contribution in [-0.2, 0) is 7.05 Å². The molecule has 0 atom stereocenters. The molecule has 1 N–H and O–H groups in total. The first-order valence-electron chi connectivity index (χ1n) is 4.48. The van der Waals surface area contributed by atoms with Crippen molar-refractivity contribution in [3.05, 3.63) is 21.7 Å². The van der Waals surface area contributed by atoms with Crippen molar-refractivity contribution < 1.29 is 0 Å². The van der Waals surface area contributed by atoms with Gasteiger partial charge in [-0.1, -0.05) is 23.4 Å². The Hall–Kier alpha value is -0.990. The lowest BCUT2D eigenvalue weighted by Gasteiger charge is -2.01. The fraction of sp³-hybridized carbons (Fsp3) is 0.250. The van der Waals surface area contributed by atoms with Crippen LogP contribution in [0.2, 0.25) is 5.15 Å². The molecule has 2 heterocycles. The van der Waals surface area contributed by atoms with Gasteiger partial charge < -0.3 is 0 Å². The summed E-state index contributed by atoms with van der Waals surface area (Å²) < 4.78 is 1.40. The van der Waals surface area contributed by atoms with Gasteiger partial charge in [-0.25, -0.2) is 19.9 Å². The van der Waals surface area contributed by atoms with Crippen molar-refractivity contribution in [2.45, 2.75) is 15.3 Å². The smallest absolute Gasteiger partial charge is 0.273 e. The van der Waals surface area contributed by atoms with Gasteiger partial charge in [0.1, 0.15) is 10.2 Å². The highest BCUT2D eigenvalue weighted by molar-refractivity contribution is 7.99. The van der Waals surface area contributed by atoms with E-state index in [2.05, 4.69) is 20.2 Å². The zero-order valence-electron chi connectivity index (χ0n) is 8.97. The number of thioether (sulfide) groups is 1. The molecule has 0 fully saturated rings. The largest absolute Gasteiger partial charge is 0.343 e. The van der Waals surface area contributed by atoms with E-state index in [0.717, 1.165) is 0 Å². The summed E-state index contributed by atoms with van der Waals surface area (Å²) in [6, 6.07) is 1.63. The van der Waals surface area contributed by atoms with E-state index < -0.39 is 0 Å². The third kappa shape index (κ3) is 2.82. The van der Waals surface area contributed by atoms with Crippen molar-refractivity contribution in [3.63, 3.8) is 0 Å². The molecule has 0 unspecified atom stereocenters. The molecule has 2 rings (SSSR count). The number of aromatic amines is 1. The normalized spacial score (nSPS) is 10.8. The summed E-state index contributed by atoms with van der Waals surface area (Å²) in [5.41, 5.74) is -0.266. The van der Waals surface area contributed by atoms with Gasteiger partial charge in [-0.3, -0.25) is 4.57 Å². The maximum atomic E-state index is 11.2. The monoisotopic (exact) mass is 289 g/mol. The Kier molecular flexibility index (Phi) is 3.75. The van der Waals surface area contributed by atoms with Gasteiger partial charge in [0.15, 0.2) is 10.3 Å². The van der Waals surface area contributed by atoms with Crippen LogP contribution in [0.25, 0.3) is 0 Å². The van der Waals surface area contributed by atoms with Crippen LogP contribution in [-0.4, -0.2) is 31.0 Å². The lowest BCUT2D eigenvalue weighted by Crippen LogP contribution is -2.12. The van der Waals surface area contributed by atoms with Crippen LogP contribution in [0.1, 0.15) is 0 Å². The SMILES string of the molecule is CSc1nc(Cl)cc(Sc2n[nH]c(=O)n2C)n1. The van der Waals surface area contributed by atoms with Gasteiger partial charge in [0.25, 0.3) is 0 Å². The molecule has 0 spiro atoms. The van der Waals surface area contributed by atoms with Crippen molar-refractivity contribution in [3.8, 4) is 0 Å². The first-order chi connectivity index (χ1) is 8.10. The van der Waals surface area contributed by atoms with Gasteiger partial charge in [-0.15, -0.1) is 5.10 Å². The van der Waals surface area contributed by atoms with Crippen molar-refractivity contribution in [2.24, 2.45) is 7.05 Å². The lowest BCUT2D eigenvalue weighted by molar-refractivity contribution is 0.763. The van der Waals surface area contributed by atoms with E-state index in [-0.39, 0.29) is 5.69 Å². The molecule has 0 bridgehead atoms. The summed E-state index contributed by atoms with van der Waals surface area (Å²) in [6.07, 6.45) is 1.87. The molecule has 0 amide bonds. The minimum Gasteiger partial charge on any atom is -0.273 e. The molecule has 0 radical (unpaired) electrons. The molecule has 9 heteroatoms. The minimum atomic E-state index is -0.266. The summed E-state index contributed by atoms with van der Waals surface area (Å²) in [6.45, 7) is 0. The average Bonchev–Trinajstić information content (AvgIpc) is 2.60. The molecule has 2 aromatic heterocycles. The fourth-order valence-electron chi connectivity index (χ4n) is 1.04. The summed E-state index contributed by atoms with van der Waals surface area (Å²) >= 11 is 8.52. The third-order valence-corrected chi connectivity index (χ3v) is 3.58. The quantitative estimate of drug-likeness (QED) is 0.523. The standard InChI is InChI=1S/C8H8ClN5OS2/c1-14-7(15)12-13-8(14)17-5-3-4(9)10-6(11-5)16-2/h3H,1-2H3,(H,12,15). The molecule has 0 saturated carbocycles. The summed E-state index contributed by atoms with van der Waals surface area (Å²) in [5.74, 6) is 0. The highest BCUT2D eigenvalue weighted by Gasteiger charge is 2.09. The molecule has 90 valence electrons. The second kappa shape index (κ2) is 5.11. The third-order valence-electron chi connectivity index (χ3n) is 1.87. The zero-order chi connectivity index (χ0) is 12.4. The molecular formula is C8H8ClN5OS2. The van der Waals surface area contributed by atoms with Crippen LogP contribution in [0.5, 0.6) is 0 Å². The van der Waals surface area contributed by atoms with Gasteiger partial charge in [0.2, 0.25) is 0 Å². The Bertz CT molecular complexity index is 596. The first-order valence-corrected chi connectivity index (χ1v) is 6.90. The number of halogens is 1. The summed E-state index contributed by atoms with van der Waals surface area (Å²) in [5, 5.41) is 8.36. The van der Waals surface area contributed by atoms with Crippen LogP contribution in [0, 0.1) is 0 Å². The van der Waals surface area contributed by atoms with Gasteiger partial charge in [0, 0.05) is 13.1 Å². The Morgan fingerprint density at radius 2 is 2.24 bits per heavy atom. The molecule has 0 aliphatic rings. The van der Waals surface area contributed by atoms with Crippen molar-refractivity contribution in [1.29, 1.82) is 0 Å². The van der Waals surface area contributed by atoms with Crippen molar-refractivity contribution in [2.75, 3.05) is 6.26 Å². The minimum absolute atomic E-state index is 0.266. The first kappa shape index (κ1) is 12.5. The molecule has 0 aliphatic heterocycles. The molecule has 17 heavy (non-hydrogen) atoms. The van der Waals surface area contributed by atoms with E-state index in [9.17, 15) is 4.79 Å². The summed E-state index contributed by atoms with van der Waals surface area (Å²) in [7, 11) is 1.63. The van der Waals surface area contributed by atoms with E-state index in [1.165, 1.54) is 28.1 Å². The number of rotatable bonds is 3. The predicted octanol–water partition coefficient (Wildman–Crippen LogP) is 1.42. The molecular weight excluding hydrogens is 282 g/mol. The number of hydrogen-bond acceptors (Lipinski definition) is 6. The highest BCUT2D eigenvalue weighted by atomic mass is 35.5. The van der Waals surface area contributed by atoms with Crippen LogP contribution in [0.15, 0.2) is 26.2 Å². The second-order valence-electron chi connectivity index (χ2n) is 2.99. The Morgan fingerprint density at radius 3 is 2.82 bits per heavy atom. The van der Waals surface area contributed by atoms with Crippen LogP contribution in [0.4, 0.5) is 0 Å². The van der Waals surface area contributed by atoms with Crippen LogP contribution >= 0.6 is 35.1 Å². The lowest BCUT2D eigenvalue weighted by atomic mass is 10.7. The second-order valence-corrected chi connectivity index (χ2v) is 5.14. The number of H-pyrrole nitrogens is 1. The number of aromatic nitrogens is 5. The number of nitrogens with zero attached hydrogens (tertiary/aromatic N) is 4. The fourth-order valence-corrected chi connectivity index (χ4v) is 2.57. The Balaban J connectivity index is 2.33. The van der Waals surface area contributed by atoms with Crippen LogP contribution in [0.3, 0.4) is 0 Å². The van der Waals surface area contributed by atoms with Crippen LogP contribution < -0.4 is 5.69 Å². The average molecular weight is 290 g/mol. The van der Waals surface area contributed by atoms with E-state index in [1.54, 1.807) is 13.1 Å². The molecule has 2 aromatic rings. The van der Waals surface area contributed by atoms with E-state index in [4.69, 9.17) is 11.6 Å². The van der Waals surface area contributed by atoms with E-state index >= 15 is 0 Å². The molecule has 0 aromatic carbocycles. The molecule has 0 saturated heterocycles. The van der Waals surface area contributed by atoms with Gasteiger partial charge in [0.05, 0.1) is 0 Å². The zero-order valence-corrected chi connectivity index (χ0v) is 11.4. The maximum Gasteiger partial charge on any atom is 0.343 e. The number of nitrogens with one attached hydrogen (secondary N) is 1. The van der Waals surface area contributed by atoms with Gasteiger partial charge in [-0.2, -0.15) is 0 Å².